The summed E-state index contributed by atoms with van der Waals surface area (Å²) in [6, 6.07) is 4.01. The average molecular weight is 351 g/mol. The van der Waals surface area contributed by atoms with Crippen molar-refractivity contribution in [3.63, 3.8) is 0 Å². The Hall–Kier alpha value is -1.93. The molecule has 24 heavy (non-hydrogen) atoms. The molecule has 7 nitrogen and oxygen atoms in total. The van der Waals surface area contributed by atoms with Crippen molar-refractivity contribution in [3.8, 4) is 0 Å². The number of hydrogen-bond acceptors (Lipinski definition) is 5. The lowest BCUT2D eigenvalue weighted by Gasteiger charge is -2.13. The number of benzene rings is 1. The minimum absolute atomic E-state index is 0.0591. The summed E-state index contributed by atoms with van der Waals surface area (Å²) in [5, 5.41) is 5.90. The van der Waals surface area contributed by atoms with Gasteiger partial charge in [-0.1, -0.05) is 6.92 Å². The fraction of sp³-hybridized carbons (Fsp3) is 0.500. The van der Waals surface area contributed by atoms with Gasteiger partial charge >= 0.3 is 0 Å². The fourth-order valence-corrected chi connectivity index (χ4v) is 4.57. The van der Waals surface area contributed by atoms with E-state index >= 15 is 0 Å². The molecule has 2 amide bonds. The van der Waals surface area contributed by atoms with Gasteiger partial charge < -0.3 is 10.6 Å². The maximum Gasteiger partial charge on any atom is 0.269 e. The maximum absolute atomic E-state index is 12.5. The van der Waals surface area contributed by atoms with Crippen LogP contribution >= 0.6 is 0 Å². The molecule has 0 atom stereocenters. The summed E-state index contributed by atoms with van der Waals surface area (Å²) < 4.78 is 26.1. The monoisotopic (exact) mass is 351 g/mol. The van der Waals surface area contributed by atoms with Crippen LogP contribution in [-0.2, 0) is 10.0 Å². The highest BCUT2D eigenvalue weighted by Crippen LogP contribution is 2.39. The van der Waals surface area contributed by atoms with Crippen LogP contribution in [0.1, 0.15) is 46.9 Å². The van der Waals surface area contributed by atoms with Gasteiger partial charge in [0.05, 0.1) is 5.56 Å². The third-order valence-electron chi connectivity index (χ3n) is 4.10. The van der Waals surface area contributed by atoms with E-state index < -0.39 is 15.9 Å². The molecule has 0 saturated heterocycles. The molecular weight excluding hydrogens is 330 g/mol. The number of fused-ring (bicyclic) bond motifs is 1. The van der Waals surface area contributed by atoms with E-state index in [1.54, 1.807) is 0 Å². The number of hydrogen-bond donors (Lipinski definition) is 2. The highest BCUT2D eigenvalue weighted by Gasteiger charge is 2.48. The lowest BCUT2D eigenvalue weighted by molar-refractivity contribution is 0.0863. The number of amides is 2. The second-order valence-corrected chi connectivity index (χ2v) is 7.84. The van der Waals surface area contributed by atoms with Crippen LogP contribution in [0.3, 0.4) is 0 Å². The first-order chi connectivity index (χ1) is 11.5. The molecule has 1 heterocycles. The minimum atomic E-state index is -3.83. The van der Waals surface area contributed by atoms with Crippen molar-refractivity contribution in [2.24, 2.45) is 0 Å². The Morgan fingerprint density at radius 2 is 2.00 bits per heavy atom. The van der Waals surface area contributed by atoms with E-state index in [1.165, 1.54) is 18.2 Å². The van der Waals surface area contributed by atoms with Gasteiger partial charge in [0.2, 0.25) is 0 Å². The van der Waals surface area contributed by atoms with Crippen molar-refractivity contribution < 1.29 is 18.0 Å². The van der Waals surface area contributed by atoms with Crippen LogP contribution in [0.2, 0.25) is 0 Å². The third kappa shape index (κ3) is 3.03. The molecule has 2 aliphatic rings. The summed E-state index contributed by atoms with van der Waals surface area (Å²) in [6.07, 6.45) is 2.43. The van der Waals surface area contributed by atoms with Crippen molar-refractivity contribution in [2.45, 2.75) is 37.1 Å². The first-order valence-corrected chi connectivity index (χ1v) is 9.62. The van der Waals surface area contributed by atoms with Crippen LogP contribution in [0.25, 0.3) is 0 Å². The Bertz CT molecular complexity index is 772. The van der Waals surface area contributed by atoms with Gasteiger partial charge in [-0.3, -0.25) is 9.59 Å². The summed E-state index contributed by atoms with van der Waals surface area (Å²) in [5.41, 5.74) is 0.404. The Morgan fingerprint density at radius 3 is 2.67 bits per heavy atom. The summed E-state index contributed by atoms with van der Waals surface area (Å²) in [6.45, 7) is 4.04. The Kier molecular flexibility index (Phi) is 4.60. The number of rotatable bonds is 7. The molecular formula is C16H21N3O4S. The fourth-order valence-electron chi connectivity index (χ4n) is 2.73. The largest absolute Gasteiger partial charge is 0.351 e. The highest BCUT2D eigenvalue weighted by molar-refractivity contribution is 7.90. The zero-order valence-corrected chi connectivity index (χ0v) is 14.4. The third-order valence-corrected chi connectivity index (χ3v) is 5.98. The molecule has 1 saturated carbocycles. The first kappa shape index (κ1) is 16.9. The second-order valence-electron chi connectivity index (χ2n) is 6.05. The number of carbonyl (C=O) groups excluding carboxylic acids is 2. The Balaban J connectivity index is 1.74. The SMILES string of the molecule is CCCNCCNC(=O)c1ccc2c(c1)S(=O)(=O)N(C1CC1)C2=O. The number of nitrogens with zero attached hydrogens (tertiary/aromatic N) is 1. The van der Waals surface area contributed by atoms with E-state index in [0.29, 0.717) is 25.9 Å². The van der Waals surface area contributed by atoms with Crippen LogP contribution in [0, 0.1) is 0 Å². The van der Waals surface area contributed by atoms with E-state index in [0.717, 1.165) is 17.3 Å². The molecule has 1 aliphatic heterocycles. The molecule has 0 spiro atoms. The summed E-state index contributed by atoms with van der Waals surface area (Å²) in [7, 11) is -3.83. The van der Waals surface area contributed by atoms with Crippen molar-refractivity contribution in [3.05, 3.63) is 29.3 Å². The topological polar surface area (TPSA) is 95.6 Å². The Labute approximate surface area is 141 Å². The molecule has 2 N–H and O–H groups in total. The molecule has 0 radical (unpaired) electrons. The summed E-state index contributed by atoms with van der Waals surface area (Å²) in [4.78, 5) is 24.4. The van der Waals surface area contributed by atoms with Crippen molar-refractivity contribution in [1.29, 1.82) is 0 Å². The molecule has 1 aliphatic carbocycles. The summed E-state index contributed by atoms with van der Waals surface area (Å²) in [5.74, 6) is -0.827. The summed E-state index contributed by atoms with van der Waals surface area (Å²) >= 11 is 0. The van der Waals surface area contributed by atoms with Crippen LogP contribution in [-0.4, -0.2) is 50.2 Å². The molecule has 1 fully saturated rings. The molecule has 1 aromatic carbocycles. The minimum Gasteiger partial charge on any atom is -0.351 e. The van der Waals surface area contributed by atoms with Gasteiger partial charge in [0, 0.05) is 24.7 Å². The second kappa shape index (κ2) is 6.52. The highest BCUT2D eigenvalue weighted by atomic mass is 32.2. The van der Waals surface area contributed by atoms with Crippen LogP contribution in [0.4, 0.5) is 0 Å². The van der Waals surface area contributed by atoms with Crippen LogP contribution in [0.5, 0.6) is 0 Å². The van der Waals surface area contributed by atoms with E-state index in [9.17, 15) is 18.0 Å². The predicted molar refractivity (Wildman–Crippen MR) is 88.3 cm³/mol. The van der Waals surface area contributed by atoms with E-state index in [2.05, 4.69) is 17.6 Å². The molecule has 3 rings (SSSR count). The normalized spacial score (nSPS) is 18.5. The molecule has 130 valence electrons. The number of carbonyl (C=O) groups is 2. The first-order valence-electron chi connectivity index (χ1n) is 8.18. The van der Waals surface area contributed by atoms with E-state index in [1.807, 2.05) is 0 Å². The Morgan fingerprint density at radius 1 is 1.25 bits per heavy atom. The van der Waals surface area contributed by atoms with Gasteiger partial charge in [0.1, 0.15) is 4.90 Å². The van der Waals surface area contributed by atoms with Crippen molar-refractivity contribution >= 4 is 21.8 Å². The van der Waals surface area contributed by atoms with E-state index in [-0.39, 0.29) is 28.0 Å². The molecule has 1 aromatic rings. The smallest absolute Gasteiger partial charge is 0.269 e. The molecule has 8 heteroatoms. The maximum atomic E-state index is 12.5. The predicted octanol–water partition coefficient (Wildman–Crippen LogP) is 0.723. The zero-order chi connectivity index (χ0) is 17.3. The van der Waals surface area contributed by atoms with Gasteiger partial charge in [-0.25, -0.2) is 12.7 Å². The van der Waals surface area contributed by atoms with E-state index in [4.69, 9.17) is 0 Å². The average Bonchev–Trinajstić information content (AvgIpc) is 3.35. The molecule has 0 unspecified atom stereocenters. The lowest BCUT2D eigenvalue weighted by Crippen LogP contribution is -2.32. The molecule has 0 aromatic heterocycles. The van der Waals surface area contributed by atoms with Crippen LogP contribution in [0.15, 0.2) is 23.1 Å². The van der Waals surface area contributed by atoms with Crippen LogP contribution < -0.4 is 10.6 Å². The lowest BCUT2D eigenvalue weighted by atomic mass is 10.1. The molecule has 0 bridgehead atoms. The van der Waals surface area contributed by atoms with Crippen molar-refractivity contribution in [2.75, 3.05) is 19.6 Å². The van der Waals surface area contributed by atoms with Gasteiger partial charge in [-0.05, 0) is 44.0 Å². The van der Waals surface area contributed by atoms with Gasteiger partial charge in [-0.2, -0.15) is 0 Å². The number of sulfonamides is 1. The van der Waals surface area contributed by atoms with Gasteiger partial charge in [0.15, 0.2) is 0 Å². The van der Waals surface area contributed by atoms with Gasteiger partial charge in [0.25, 0.3) is 21.8 Å². The standard InChI is InChI=1S/C16H21N3O4S/c1-2-7-17-8-9-18-15(20)11-3-6-13-14(10-11)24(22,23)19(16(13)21)12-4-5-12/h3,6,10,12,17H,2,4-5,7-9H2,1H3,(H,18,20). The van der Waals surface area contributed by atoms with Crippen molar-refractivity contribution in [1.82, 2.24) is 14.9 Å². The number of nitrogens with one attached hydrogen (secondary N) is 2. The zero-order valence-electron chi connectivity index (χ0n) is 13.5. The van der Waals surface area contributed by atoms with Gasteiger partial charge in [-0.15, -0.1) is 0 Å². The quantitative estimate of drug-likeness (QED) is 0.706.